The summed E-state index contributed by atoms with van der Waals surface area (Å²) in [6.45, 7) is 64.4. The van der Waals surface area contributed by atoms with Crippen LogP contribution in [-0.2, 0) is 12.4 Å². The Labute approximate surface area is 885 Å². The maximum absolute atomic E-state index is 12.8. The fourth-order valence-corrected chi connectivity index (χ4v) is 13.8. The summed E-state index contributed by atoms with van der Waals surface area (Å²) in [7, 11) is 0. The molecular weight excluding hydrogens is 1970 g/mol. The molecule has 0 saturated carbocycles. The third-order valence-electron chi connectivity index (χ3n) is 22.4. The van der Waals surface area contributed by atoms with Gasteiger partial charge < -0.3 is 9.47 Å². The van der Waals surface area contributed by atoms with Crippen molar-refractivity contribution in [1.82, 2.24) is 0 Å². The van der Waals surface area contributed by atoms with E-state index in [9.17, 15) is 61.5 Å². The molecule has 0 aliphatic rings. The molecule has 146 heavy (non-hydrogen) atoms. The van der Waals surface area contributed by atoms with Gasteiger partial charge in [-0.25, -0.2) is 8.78 Å². The Kier molecular flexibility index (Phi) is 62.4. The van der Waals surface area contributed by atoms with Crippen molar-refractivity contribution in [2.75, 3.05) is 0 Å². The Balaban J connectivity index is 0.000000792. The Morgan fingerprint density at radius 1 is 0.226 bits per heavy atom. The second-order valence-electron chi connectivity index (χ2n) is 39.7. The Hall–Kier alpha value is -10.5. The van der Waals surface area contributed by atoms with Crippen molar-refractivity contribution in [2.24, 2.45) is 0 Å². The molecular formula is C127H159BrCl2F14O2. The molecule has 19 heteroatoms. The summed E-state index contributed by atoms with van der Waals surface area (Å²) >= 11 is 14.9. The van der Waals surface area contributed by atoms with Gasteiger partial charge in [-0.2, -0.15) is 26.3 Å². The van der Waals surface area contributed by atoms with Gasteiger partial charge in [0.05, 0.1) is 11.1 Å². The molecule has 0 heterocycles. The van der Waals surface area contributed by atoms with Crippen LogP contribution in [0.5, 0.6) is 11.5 Å². The zero-order valence-electron chi connectivity index (χ0n) is 91.3. The molecule has 0 amide bonds. The molecule has 0 saturated heterocycles. The van der Waals surface area contributed by atoms with E-state index < -0.39 is 36.2 Å². The molecule has 0 aliphatic heterocycles. The largest absolute Gasteiger partial charge is 0.573 e. The fraction of sp³-hybridized carbons (Fsp3) is 0.386. The van der Waals surface area contributed by atoms with Crippen LogP contribution in [0.15, 0.2) is 320 Å². The van der Waals surface area contributed by atoms with Gasteiger partial charge in [-0.15, -0.1) is 26.3 Å². The van der Waals surface area contributed by atoms with Crippen molar-refractivity contribution in [3.05, 3.63) is 447 Å². The minimum Gasteiger partial charge on any atom is -0.406 e. The van der Waals surface area contributed by atoms with Crippen molar-refractivity contribution in [3.63, 3.8) is 0 Å². The van der Waals surface area contributed by atoms with E-state index in [-0.39, 0.29) is 52.7 Å². The molecule has 0 aliphatic carbocycles. The molecule has 798 valence electrons. The highest BCUT2D eigenvalue weighted by Crippen LogP contribution is 2.37. The quantitative estimate of drug-likeness (QED) is 0.0898. The summed E-state index contributed by atoms with van der Waals surface area (Å²) in [5.41, 5.74) is 18.5. The first-order valence-corrected chi connectivity index (χ1v) is 51.5. The van der Waals surface area contributed by atoms with Crippen LogP contribution in [0.1, 0.15) is 382 Å². The number of hydrogen-bond donors (Lipinski definition) is 0. The maximum Gasteiger partial charge on any atom is 0.573 e. The predicted molar refractivity (Wildman–Crippen MR) is 596 cm³/mol. The van der Waals surface area contributed by atoms with Crippen molar-refractivity contribution in [2.45, 2.75) is 323 Å². The lowest BCUT2D eigenvalue weighted by Gasteiger charge is -2.14. The number of alkyl halides is 12. The summed E-state index contributed by atoms with van der Waals surface area (Å²) in [6, 6.07) is 96.3. The number of hydrogen-bond acceptors (Lipinski definition) is 2. The number of aryl methyl sites for hydroxylation is 3. The van der Waals surface area contributed by atoms with Crippen LogP contribution in [0.2, 0.25) is 10.0 Å². The van der Waals surface area contributed by atoms with E-state index in [2.05, 4.69) is 304 Å². The lowest BCUT2D eigenvalue weighted by atomic mass is 9.97. The van der Waals surface area contributed by atoms with Crippen molar-refractivity contribution in [3.8, 4) is 11.5 Å². The molecule has 0 fully saturated rings. The average molecular weight is 2130 g/mol. The van der Waals surface area contributed by atoms with Gasteiger partial charge in [-0.05, 0) is 266 Å². The lowest BCUT2D eigenvalue weighted by Crippen LogP contribution is -2.18. The van der Waals surface area contributed by atoms with Crippen LogP contribution < -0.4 is 9.47 Å². The van der Waals surface area contributed by atoms with Crippen LogP contribution in [0.3, 0.4) is 0 Å². The van der Waals surface area contributed by atoms with E-state index >= 15 is 0 Å². The Morgan fingerprint density at radius 2 is 0.507 bits per heavy atom. The second-order valence-corrected chi connectivity index (χ2v) is 41.5. The molecule has 13 aromatic carbocycles. The highest BCUT2D eigenvalue weighted by atomic mass is 79.9. The van der Waals surface area contributed by atoms with E-state index in [4.69, 9.17) is 23.2 Å². The maximum atomic E-state index is 12.8. The van der Waals surface area contributed by atoms with Gasteiger partial charge in [0.2, 0.25) is 0 Å². The van der Waals surface area contributed by atoms with Crippen LogP contribution in [0.4, 0.5) is 61.5 Å². The van der Waals surface area contributed by atoms with Crippen molar-refractivity contribution >= 4 is 39.1 Å². The molecule has 13 aromatic rings. The standard InChI is InChI=1S/C12H18.2C10H11F3O.2C10H11F3.3C10H14.C9H11Br.2C9H11Cl.2C9H11F/c1-9(2)11-5-7-12(8-6-11)10(3)4;1-7(2)8-4-3-5-9(6-8)14-10(11,12)13;1-7(2)8-5-3-4-6-9(8)14-10(11,12)13;1-7(2)8-4-3-5-9(6-8)10(11,12)13;1-7(2)8-5-3-4-6-9(8)10(11,12)13;3*1-8(2)10-6-4-9(3)5-7-10;1-7(2)8-4-3-5-9(10)6-8;1-7(2)8-3-5-9(10)6-4-8;1-7(2)8-4-3-5-9(10)6-8;1-7(2)8-3-5-9(10)6-4-8;1-7(2)8-5-3-4-6-9(8)10/h5-10H,1-4H3;2*3-7H,1-2H3;2*3-7H,1-2H3;3*4-8H,1-3H3;5*3-7H,1-2H3. The first kappa shape index (κ1) is 134. The fourth-order valence-electron chi connectivity index (χ4n) is 13.1. The van der Waals surface area contributed by atoms with E-state index in [0.717, 1.165) is 38.9 Å². The van der Waals surface area contributed by atoms with Crippen molar-refractivity contribution < 1.29 is 70.9 Å². The number of benzene rings is 13. The highest BCUT2D eigenvalue weighted by Gasteiger charge is 2.35. The minimum absolute atomic E-state index is 0.00792. The summed E-state index contributed by atoms with van der Waals surface area (Å²) < 4.78 is 179. The minimum atomic E-state index is -4.62. The van der Waals surface area contributed by atoms with Crippen LogP contribution in [0, 0.1) is 32.4 Å². The molecule has 0 aromatic heterocycles. The summed E-state index contributed by atoms with van der Waals surface area (Å²) in [5.74, 6) is 5.48. The molecule has 0 atom stereocenters. The van der Waals surface area contributed by atoms with Gasteiger partial charge >= 0.3 is 25.1 Å². The number of rotatable bonds is 16. The summed E-state index contributed by atoms with van der Waals surface area (Å²) in [6.07, 6.45) is -17.7. The molecule has 0 N–H and O–H groups in total. The van der Waals surface area contributed by atoms with Crippen molar-refractivity contribution in [1.29, 1.82) is 0 Å². The smallest absolute Gasteiger partial charge is 0.406 e. The zero-order chi connectivity index (χ0) is 111. The van der Waals surface area contributed by atoms with Gasteiger partial charge in [0.15, 0.2) is 0 Å². The van der Waals surface area contributed by atoms with E-state index in [1.54, 1.807) is 56.3 Å². The van der Waals surface area contributed by atoms with Crippen LogP contribution in [0.25, 0.3) is 0 Å². The molecule has 0 spiro atoms. The van der Waals surface area contributed by atoms with Crippen LogP contribution in [-0.4, -0.2) is 12.7 Å². The first-order chi connectivity index (χ1) is 67.8. The molecule has 13 rings (SSSR count). The first-order valence-electron chi connectivity index (χ1n) is 49.9. The summed E-state index contributed by atoms with van der Waals surface area (Å²) in [4.78, 5) is 0. The number of para-hydroxylation sites is 1. The molecule has 0 unspecified atom stereocenters. The van der Waals surface area contributed by atoms with Gasteiger partial charge in [0, 0.05) is 14.5 Å². The molecule has 0 radical (unpaired) electrons. The Bertz CT molecular complexity index is 5290. The topological polar surface area (TPSA) is 18.5 Å². The van der Waals surface area contributed by atoms with E-state index in [1.807, 2.05) is 116 Å². The lowest BCUT2D eigenvalue weighted by molar-refractivity contribution is -0.275. The van der Waals surface area contributed by atoms with Gasteiger partial charge in [0.1, 0.15) is 23.1 Å². The molecule has 2 nitrogen and oxygen atoms in total. The second kappa shape index (κ2) is 68.2. The highest BCUT2D eigenvalue weighted by molar-refractivity contribution is 9.10. The zero-order valence-corrected chi connectivity index (χ0v) is 94.4. The number of ether oxygens (including phenoxy) is 2. The monoisotopic (exact) mass is 2130 g/mol. The van der Waals surface area contributed by atoms with Gasteiger partial charge in [-0.1, -0.05) is 480 Å². The average Bonchev–Trinajstić information content (AvgIpc) is 0.763. The van der Waals surface area contributed by atoms with Crippen LogP contribution >= 0.6 is 39.1 Å². The van der Waals surface area contributed by atoms with Gasteiger partial charge in [-0.3, -0.25) is 0 Å². The normalized spacial score (nSPS) is 11.1. The number of halogens is 17. The SMILES string of the molecule is CC(C)c1ccc(C(C)C)cc1.CC(C)c1ccc(Cl)cc1.CC(C)c1ccc(F)cc1.CC(C)c1cccc(Br)c1.CC(C)c1cccc(C(F)(F)F)c1.CC(C)c1cccc(Cl)c1.CC(C)c1cccc(OC(F)(F)F)c1.CC(C)c1ccccc1C(F)(F)F.CC(C)c1ccccc1F.CC(C)c1ccccc1OC(F)(F)F.Cc1ccc(C(C)C)cc1.Cc1ccc(C(C)C)cc1.Cc1ccc(C(C)C)cc1. The van der Waals surface area contributed by atoms with E-state index in [1.165, 1.54) is 138 Å². The van der Waals surface area contributed by atoms with Gasteiger partial charge in [0.25, 0.3) is 0 Å². The summed E-state index contributed by atoms with van der Waals surface area (Å²) in [5, 5.41) is 1.63. The Morgan fingerprint density at radius 3 is 0.801 bits per heavy atom. The third-order valence-corrected chi connectivity index (χ3v) is 23.4. The predicted octanol–water partition coefficient (Wildman–Crippen LogP) is 44.8. The van der Waals surface area contributed by atoms with E-state index in [0.29, 0.717) is 64.4 Å². The molecule has 0 bridgehead atoms. The third kappa shape index (κ3) is 58.3.